The highest BCUT2D eigenvalue weighted by atomic mass is 31.1. The minimum atomic E-state index is -3.01. The molecule has 0 saturated heterocycles. The molecule has 0 spiro atoms. The molecule has 0 saturated carbocycles. The lowest BCUT2D eigenvalue weighted by Crippen LogP contribution is -2.69. The fourth-order valence-corrected chi connectivity index (χ4v) is 28.4. The Balaban J connectivity index is 1.53. The van der Waals surface area contributed by atoms with E-state index < -0.39 is 25.0 Å². The highest BCUT2D eigenvalue weighted by Gasteiger charge is 2.54. The van der Waals surface area contributed by atoms with Crippen LogP contribution in [0.25, 0.3) is 0 Å². The molecular formula is C51H57O3P3Si3. The van der Waals surface area contributed by atoms with Crippen LogP contribution in [0.1, 0.15) is 62.3 Å². The van der Waals surface area contributed by atoms with Crippen LogP contribution in [0.5, 0.6) is 15.6 Å². The summed E-state index contributed by atoms with van der Waals surface area (Å²) in [5.41, 5.74) is 0. The molecule has 7 aromatic rings. The van der Waals surface area contributed by atoms with E-state index in [1.54, 1.807) is 0 Å². The second-order valence-corrected chi connectivity index (χ2v) is 35.3. The molecule has 0 radical (unpaired) electrons. The van der Waals surface area contributed by atoms with Crippen molar-refractivity contribution in [1.29, 1.82) is 0 Å². The molecule has 6 aromatic carbocycles. The zero-order chi connectivity index (χ0) is 42.7. The van der Waals surface area contributed by atoms with Crippen molar-refractivity contribution in [3.8, 4) is 15.6 Å². The van der Waals surface area contributed by atoms with Gasteiger partial charge in [-0.2, -0.15) is 0 Å². The van der Waals surface area contributed by atoms with Gasteiger partial charge in [-0.05, 0) is 46.2 Å². The molecule has 0 N–H and O–H groups in total. The predicted molar refractivity (Wildman–Crippen MR) is 269 cm³/mol. The van der Waals surface area contributed by atoms with E-state index in [1.807, 2.05) is 0 Å². The summed E-state index contributed by atoms with van der Waals surface area (Å²) >= 11 is 0. The van der Waals surface area contributed by atoms with E-state index in [9.17, 15) is 0 Å². The third-order valence-electron chi connectivity index (χ3n) is 11.6. The van der Waals surface area contributed by atoms with E-state index >= 15 is 0 Å². The summed E-state index contributed by atoms with van der Waals surface area (Å²) in [5.74, 6) is 0. The van der Waals surface area contributed by atoms with Crippen LogP contribution in [-0.4, -0.2) is 25.0 Å². The Morgan fingerprint density at radius 3 is 0.550 bits per heavy atom. The number of rotatable bonds is 12. The molecule has 0 amide bonds. The maximum Gasteiger partial charge on any atom is 0.269 e. The van der Waals surface area contributed by atoms with Gasteiger partial charge in [0, 0.05) is 24.6 Å². The minimum Gasteiger partial charge on any atom is -0.367 e. The number of benzene rings is 6. The van der Waals surface area contributed by atoms with Gasteiger partial charge in [0.1, 0.15) is 15.6 Å². The SMILES string of the molecule is CC(C)(C)[Si](Oc1pc(O[Si](c2ccccc2)(c2ccccc2)C(C)(C)C)pc(O[Si](c2ccccc2)(c2ccccc2)C(C)(C)C)p1)(c1ccccc1)c1ccccc1. The maximum atomic E-state index is 7.95. The van der Waals surface area contributed by atoms with Crippen LogP contribution in [0.4, 0.5) is 0 Å². The first kappa shape index (κ1) is 44.4. The smallest absolute Gasteiger partial charge is 0.269 e. The van der Waals surface area contributed by atoms with Crippen molar-refractivity contribution < 1.29 is 13.3 Å². The van der Waals surface area contributed by atoms with Gasteiger partial charge < -0.3 is 13.3 Å². The highest BCUT2D eigenvalue weighted by Crippen LogP contribution is 2.59. The van der Waals surface area contributed by atoms with E-state index in [-0.39, 0.29) is 15.1 Å². The normalized spacial score (nSPS) is 13.3. The Labute approximate surface area is 366 Å². The molecule has 0 aliphatic heterocycles. The average Bonchev–Trinajstić information content (AvgIpc) is 3.24. The monoisotopic (exact) mass is 894 g/mol. The molecule has 60 heavy (non-hydrogen) atoms. The first-order chi connectivity index (χ1) is 28.6. The summed E-state index contributed by atoms with van der Waals surface area (Å²) in [4.78, 5) is 0. The van der Waals surface area contributed by atoms with E-state index in [0.717, 1.165) is 40.2 Å². The summed E-state index contributed by atoms with van der Waals surface area (Å²) in [6.07, 6.45) is 0. The lowest BCUT2D eigenvalue weighted by Gasteiger charge is -2.44. The van der Waals surface area contributed by atoms with Gasteiger partial charge in [-0.3, -0.25) is 0 Å². The van der Waals surface area contributed by atoms with E-state index in [0.29, 0.717) is 0 Å². The molecule has 0 fully saturated rings. The fourth-order valence-electron chi connectivity index (χ4n) is 8.82. The first-order valence-corrected chi connectivity index (χ1v) is 29.2. The van der Waals surface area contributed by atoms with Gasteiger partial charge in [-0.1, -0.05) is 244 Å². The molecule has 3 nitrogen and oxygen atoms in total. The van der Waals surface area contributed by atoms with Crippen molar-refractivity contribution in [1.82, 2.24) is 0 Å². The zero-order valence-electron chi connectivity index (χ0n) is 36.4. The van der Waals surface area contributed by atoms with Crippen LogP contribution in [0.15, 0.2) is 182 Å². The van der Waals surface area contributed by atoms with Crippen molar-refractivity contribution in [3.05, 3.63) is 182 Å². The third-order valence-corrected chi connectivity index (χ3v) is 30.8. The lowest BCUT2D eigenvalue weighted by molar-refractivity contribution is 0.516. The quantitative estimate of drug-likeness (QED) is 0.114. The zero-order valence-corrected chi connectivity index (χ0v) is 42.1. The Morgan fingerprint density at radius 1 is 0.267 bits per heavy atom. The van der Waals surface area contributed by atoms with Crippen LogP contribution in [-0.2, 0) is 0 Å². The molecule has 0 unspecified atom stereocenters. The van der Waals surface area contributed by atoms with Gasteiger partial charge in [0.25, 0.3) is 25.0 Å². The van der Waals surface area contributed by atoms with Crippen molar-refractivity contribution >= 4 is 80.7 Å². The molecule has 7 rings (SSSR count). The number of hydrogen-bond donors (Lipinski definition) is 0. The Morgan fingerprint density at radius 2 is 0.417 bits per heavy atom. The molecule has 1 aromatic heterocycles. The molecule has 0 aliphatic rings. The topological polar surface area (TPSA) is 27.7 Å². The molecule has 9 heteroatoms. The predicted octanol–water partition coefficient (Wildman–Crippen LogP) is 12.2. The van der Waals surface area contributed by atoms with Crippen molar-refractivity contribution in [2.45, 2.75) is 77.4 Å². The summed E-state index contributed by atoms with van der Waals surface area (Å²) in [7, 11) is -6.21. The molecule has 0 bridgehead atoms. The van der Waals surface area contributed by atoms with Crippen LogP contribution in [0.2, 0.25) is 15.1 Å². The van der Waals surface area contributed by atoms with Gasteiger partial charge in [-0.25, -0.2) is 0 Å². The number of hydrogen-bond acceptors (Lipinski definition) is 3. The molecule has 0 atom stereocenters. The Hall–Kier alpha value is -3.64. The third kappa shape index (κ3) is 8.57. The average molecular weight is 895 g/mol. The van der Waals surface area contributed by atoms with Gasteiger partial charge in [0.15, 0.2) is 0 Å². The Kier molecular flexibility index (Phi) is 13.3. The van der Waals surface area contributed by atoms with Crippen LogP contribution >= 0.6 is 24.6 Å². The van der Waals surface area contributed by atoms with Gasteiger partial charge >= 0.3 is 0 Å². The molecule has 1 heterocycles. The summed E-state index contributed by atoms with van der Waals surface area (Å²) < 4.78 is 23.9. The van der Waals surface area contributed by atoms with Crippen LogP contribution < -0.4 is 44.4 Å². The standard InChI is InChI=1S/C51H57O3P3Si3/c1-49(2,3)58(40-28-16-10-17-29-40,41-30-18-11-19-31-41)52-46-55-47(53-59(50(4,5)6,42-32-20-12-21-33-42)43-34-22-13-23-35-43)57-48(56-46)54-60(51(7,8)9,44-36-24-14-25-37-44)45-38-26-15-27-39-45/h10-39H,1-9H3. The Bertz CT molecular complexity index is 2050. The fraction of sp³-hybridized carbons (Fsp3) is 0.235. The first-order valence-electron chi connectivity index (χ1n) is 20.8. The minimum absolute atomic E-state index is 0.221. The summed E-state index contributed by atoms with van der Waals surface area (Å²) in [6.45, 7) is 21.1. The van der Waals surface area contributed by atoms with E-state index in [1.165, 1.54) is 31.1 Å². The second-order valence-electron chi connectivity index (χ2n) is 18.5. The van der Waals surface area contributed by atoms with Crippen molar-refractivity contribution in [2.24, 2.45) is 0 Å². The molecule has 306 valence electrons. The lowest BCUT2D eigenvalue weighted by atomic mass is 10.2. The highest BCUT2D eigenvalue weighted by molar-refractivity contribution is 7.66. The van der Waals surface area contributed by atoms with Crippen LogP contribution in [0.3, 0.4) is 0 Å². The van der Waals surface area contributed by atoms with Crippen LogP contribution in [0, 0.1) is 0 Å². The summed E-state index contributed by atoms with van der Waals surface area (Å²) in [5, 5.41) is 9.64. The second kappa shape index (κ2) is 18.0. The van der Waals surface area contributed by atoms with Gasteiger partial charge in [0.2, 0.25) is 0 Å². The van der Waals surface area contributed by atoms with Crippen molar-refractivity contribution in [3.63, 3.8) is 0 Å². The van der Waals surface area contributed by atoms with Crippen molar-refractivity contribution in [2.75, 3.05) is 0 Å². The molecule has 0 aliphatic carbocycles. The van der Waals surface area contributed by atoms with Gasteiger partial charge in [0.05, 0.1) is 0 Å². The largest absolute Gasteiger partial charge is 0.367 e. The maximum absolute atomic E-state index is 7.95. The van der Waals surface area contributed by atoms with E-state index in [2.05, 4.69) is 244 Å². The molecular weight excluding hydrogens is 838 g/mol. The van der Waals surface area contributed by atoms with E-state index in [4.69, 9.17) is 13.3 Å². The summed E-state index contributed by atoms with van der Waals surface area (Å²) in [6, 6.07) is 65.7. The van der Waals surface area contributed by atoms with Gasteiger partial charge in [-0.15, -0.1) is 0 Å².